The molecule has 0 spiro atoms. The van der Waals surface area contributed by atoms with Crippen LogP contribution in [0, 0.1) is 11.6 Å². The van der Waals surface area contributed by atoms with Crippen LogP contribution in [0.2, 0.25) is 0 Å². The van der Waals surface area contributed by atoms with E-state index in [0.717, 1.165) is 12.1 Å². The van der Waals surface area contributed by atoms with Crippen molar-refractivity contribution in [3.8, 4) is 11.4 Å². The number of nitrogens with zero attached hydrogens (tertiary/aromatic N) is 2. The number of hydrogen-bond acceptors (Lipinski definition) is 1. The minimum Gasteiger partial charge on any atom is -0.334 e. The molecule has 0 saturated carbocycles. The summed E-state index contributed by atoms with van der Waals surface area (Å²) in [6, 6.07) is 3.73. The average molecular weight is 266 g/mol. The van der Waals surface area contributed by atoms with Crippen LogP contribution in [0.25, 0.3) is 11.4 Å². The van der Waals surface area contributed by atoms with Gasteiger partial charge < -0.3 is 4.57 Å². The van der Waals surface area contributed by atoms with Crippen LogP contribution >= 0.6 is 0 Å². The summed E-state index contributed by atoms with van der Waals surface area (Å²) in [5, 5.41) is 0. The zero-order valence-electron chi connectivity index (χ0n) is 11.7. The van der Waals surface area contributed by atoms with E-state index in [0.29, 0.717) is 11.4 Å². The predicted molar refractivity (Wildman–Crippen MR) is 73.8 cm³/mol. The second-order valence-electron chi connectivity index (χ2n) is 4.34. The van der Waals surface area contributed by atoms with Gasteiger partial charge in [0, 0.05) is 25.0 Å². The van der Waals surface area contributed by atoms with Gasteiger partial charge in [-0.1, -0.05) is 33.1 Å². The first-order chi connectivity index (χ1) is 9.10. The first-order valence-electron chi connectivity index (χ1n) is 6.52. The molecule has 19 heavy (non-hydrogen) atoms. The molecule has 0 N–H and O–H groups in total. The van der Waals surface area contributed by atoms with Crippen LogP contribution in [-0.2, 0) is 7.05 Å². The summed E-state index contributed by atoms with van der Waals surface area (Å²) in [7, 11) is 1.80. The van der Waals surface area contributed by atoms with Crippen molar-refractivity contribution in [2.45, 2.75) is 33.1 Å². The zero-order valence-corrected chi connectivity index (χ0v) is 11.7. The summed E-state index contributed by atoms with van der Waals surface area (Å²) in [4.78, 5) is 4.03. The largest absolute Gasteiger partial charge is 0.334 e. The van der Waals surface area contributed by atoms with E-state index >= 15 is 0 Å². The highest BCUT2D eigenvalue weighted by Gasteiger charge is 2.07. The normalized spacial score (nSPS) is 9.95. The lowest BCUT2D eigenvalue weighted by Crippen LogP contribution is -1.93. The SMILES string of the molecule is CCCCC.Cn1ccnc1-c1ccc(F)c(F)c1. The topological polar surface area (TPSA) is 17.8 Å². The van der Waals surface area contributed by atoms with E-state index in [1.165, 1.54) is 25.3 Å². The molecule has 2 nitrogen and oxygen atoms in total. The Bertz CT molecular complexity index is 505. The standard InChI is InChI=1S/C10H8F2N2.C5H12/c1-14-5-4-13-10(14)7-2-3-8(11)9(12)6-7;1-3-5-4-2/h2-6H,1H3;3-5H2,1-2H3. The summed E-state index contributed by atoms with van der Waals surface area (Å²) in [5.74, 6) is -1.09. The van der Waals surface area contributed by atoms with Crippen molar-refractivity contribution in [2.75, 3.05) is 0 Å². The Kier molecular flexibility index (Phi) is 6.19. The van der Waals surface area contributed by atoms with Gasteiger partial charge in [0.15, 0.2) is 11.6 Å². The number of hydrogen-bond donors (Lipinski definition) is 0. The van der Waals surface area contributed by atoms with E-state index in [9.17, 15) is 8.78 Å². The molecule has 0 bridgehead atoms. The van der Waals surface area contributed by atoms with Crippen LogP contribution in [0.3, 0.4) is 0 Å². The zero-order chi connectivity index (χ0) is 14.3. The lowest BCUT2D eigenvalue weighted by atomic mass is 10.2. The number of unbranched alkanes of at least 4 members (excludes halogenated alkanes) is 2. The van der Waals surface area contributed by atoms with Gasteiger partial charge in [-0.25, -0.2) is 13.8 Å². The fourth-order valence-corrected chi connectivity index (χ4v) is 1.63. The molecule has 0 fully saturated rings. The first-order valence-corrected chi connectivity index (χ1v) is 6.52. The summed E-state index contributed by atoms with van der Waals surface area (Å²) in [6.07, 6.45) is 7.43. The Hall–Kier alpha value is -1.71. The predicted octanol–water partition coefficient (Wildman–Crippen LogP) is 4.56. The van der Waals surface area contributed by atoms with E-state index in [-0.39, 0.29) is 0 Å². The number of imidazole rings is 1. The van der Waals surface area contributed by atoms with Gasteiger partial charge in [-0.05, 0) is 18.2 Å². The van der Waals surface area contributed by atoms with Crippen molar-refractivity contribution in [1.82, 2.24) is 9.55 Å². The Balaban J connectivity index is 0.000000312. The molecule has 0 amide bonds. The second-order valence-corrected chi connectivity index (χ2v) is 4.34. The van der Waals surface area contributed by atoms with Gasteiger partial charge in [-0.3, -0.25) is 0 Å². The Morgan fingerprint density at radius 1 is 1.11 bits per heavy atom. The quantitative estimate of drug-likeness (QED) is 0.796. The van der Waals surface area contributed by atoms with Crippen LogP contribution in [0.5, 0.6) is 0 Å². The minimum atomic E-state index is -0.856. The van der Waals surface area contributed by atoms with Crippen molar-refractivity contribution in [1.29, 1.82) is 0 Å². The van der Waals surface area contributed by atoms with Crippen LogP contribution in [0.15, 0.2) is 30.6 Å². The number of aromatic nitrogens is 2. The second kappa shape index (κ2) is 7.67. The molecule has 1 aromatic heterocycles. The van der Waals surface area contributed by atoms with Crippen molar-refractivity contribution >= 4 is 0 Å². The molecule has 0 aliphatic rings. The first kappa shape index (κ1) is 15.3. The Morgan fingerprint density at radius 2 is 1.79 bits per heavy atom. The molecule has 0 atom stereocenters. The monoisotopic (exact) mass is 266 g/mol. The number of aryl methyl sites for hydroxylation is 1. The third kappa shape index (κ3) is 4.47. The van der Waals surface area contributed by atoms with E-state index < -0.39 is 11.6 Å². The third-order valence-corrected chi connectivity index (χ3v) is 2.71. The van der Waals surface area contributed by atoms with Gasteiger partial charge in [0.2, 0.25) is 0 Å². The molecule has 1 aromatic carbocycles. The highest BCUT2D eigenvalue weighted by atomic mass is 19.2. The van der Waals surface area contributed by atoms with Gasteiger partial charge in [0.25, 0.3) is 0 Å². The van der Waals surface area contributed by atoms with Gasteiger partial charge in [0.1, 0.15) is 5.82 Å². The lowest BCUT2D eigenvalue weighted by Gasteiger charge is -2.01. The molecule has 4 heteroatoms. The summed E-state index contributed by atoms with van der Waals surface area (Å²) < 4.78 is 27.3. The van der Waals surface area contributed by atoms with Crippen LogP contribution < -0.4 is 0 Å². The lowest BCUT2D eigenvalue weighted by molar-refractivity contribution is 0.509. The molecule has 104 valence electrons. The van der Waals surface area contributed by atoms with Crippen LogP contribution in [0.4, 0.5) is 8.78 Å². The number of rotatable bonds is 3. The number of halogens is 2. The van der Waals surface area contributed by atoms with Gasteiger partial charge in [-0.2, -0.15) is 0 Å². The van der Waals surface area contributed by atoms with Gasteiger partial charge >= 0.3 is 0 Å². The van der Waals surface area contributed by atoms with E-state index in [1.807, 2.05) is 0 Å². The maximum atomic E-state index is 12.9. The highest BCUT2D eigenvalue weighted by molar-refractivity contribution is 5.55. The molecular formula is C15H20F2N2. The molecule has 1 heterocycles. The highest BCUT2D eigenvalue weighted by Crippen LogP contribution is 2.18. The maximum Gasteiger partial charge on any atom is 0.159 e. The maximum absolute atomic E-state index is 12.9. The Labute approximate surface area is 113 Å². The van der Waals surface area contributed by atoms with Crippen molar-refractivity contribution < 1.29 is 8.78 Å². The van der Waals surface area contributed by atoms with Crippen molar-refractivity contribution in [2.24, 2.45) is 7.05 Å². The molecule has 2 rings (SSSR count). The molecule has 0 aliphatic carbocycles. The summed E-state index contributed by atoms with van der Waals surface area (Å²) in [6.45, 7) is 4.42. The average Bonchev–Trinajstić information content (AvgIpc) is 2.81. The summed E-state index contributed by atoms with van der Waals surface area (Å²) >= 11 is 0. The molecule has 0 aliphatic heterocycles. The van der Waals surface area contributed by atoms with Crippen molar-refractivity contribution in [3.05, 3.63) is 42.2 Å². The van der Waals surface area contributed by atoms with E-state index in [1.54, 1.807) is 24.0 Å². The fourth-order valence-electron chi connectivity index (χ4n) is 1.63. The number of benzene rings is 1. The Morgan fingerprint density at radius 3 is 2.21 bits per heavy atom. The molecule has 0 saturated heterocycles. The molecule has 2 aromatic rings. The summed E-state index contributed by atoms with van der Waals surface area (Å²) in [5.41, 5.74) is 0.566. The smallest absolute Gasteiger partial charge is 0.159 e. The van der Waals surface area contributed by atoms with E-state index in [2.05, 4.69) is 18.8 Å². The third-order valence-electron chi connectivity index (χ3n) is 2.71. The fraction of sp³-hybridized carbons (Fsp3) is 0.400. The van der Waals surface area contributed by atoms with Gasteiger partial charge in [-0.15, -0.1) is 0 Å². The minimum absolute atomic E-state index is 0.566. The van der Waals surface area contributed by atoms with E-state index in [4.69, 9.17) is 0 Å². The van der Waals surface area contributed by atoms with Crippen molar-refractivity contribution in [3.63, 3.8) is 0 Å². The molecule has 0 unspecified atom stereocenters. The van der Waals surface area contributed by atoms with Crippen LogP contribution in [-0.4, -0.2) is 9.55 Å². The van der Waals surface area contributed by atoms with Crippen LogP contribution in [0.1, 0.15) is 33.1 Å². The van der Waals surface area contributed by atoms with Gasteiger partial charge in [0.05, 0.1) is 0 Å². The molecular weight excluding hydrogens is 246 g/mol. The molecule has 0 radical (unpaired) electrons.